The highest BCUT2D eigenvalue weighted by Crippen LogP contribution is 2.31. The van der Waals surface area contributed by atoms with Gasteiger partial charge in [0.25, 0.3) is 0 Å². The molecule has 2 aliphatic carbocycles. The van der Waals surface area contributed by atoms with Crippen molar-refractivity contribution in [2.24, 2.45) is 11.8 Å². The first-order chi connectivity index (χ1) is 14.8. The van der Waals surface area contributed by atoms with E-state index in [4.69, 9.17) is 9.47 Å². The van der Waals surface area contributed by atoms with Crippen molar-refractivity contribution in [1.82, 2.24) is 0 Å². The Morgan fingerprint density at radius 1 is 0.484 bits per heavy atom. The molecule has 0 amide bonds. The average Bonchev–Trinajstić information content (AvgIpc) is 2.72. The molecule has 4 aliphatic rings. The summed E-state index contributed by atoms with van der Waals surface area (Å²) in [5, 5.41) is 0. The largest absolute Gasteiger partial charge is 0.461 e. The predicted molar refractivity (Wildman–Crippen MR) is 125 cm³/mol. The smallest absolute Gasteiger partial charge is 0.313 e. The number of fused-ring (bicyclic) bond motifs is 2. The molecule has 0 aromatic rings. The molecular formula is C27H40O4. The maximum Gasteiger partial charge on any atom is 0.313 e. The number of hydrogen-bond acceptors (Lipinski definition) is 4. The second-order valence-electron chi connectivity index (χ2n) is 8.51. The fourth-order valence-corrected chi connectivity index (χ4v) is 4.32. The summed E-state index contributed by atoms with van der Waals surface area (Å²) in [4.78, 5) is 22.4. The van der Waals surface area contributed by atoms with E-state index in [2.05, 4.69) is 48.6 Å². The number of allylic oxidation sites excluding steroid dienone is 8. The lowest BCUT2D eigenvalue weighted by molar-refractivity contribution is -0.186. The monoisotopic (exact) mass is 428 g/mol. The highest BCUT2D eigenvalue weighted by Gasteiger charge is 2.41. The molecule has 4 rings (SSSR count). The standard InChI is InChI=1S/2C13H18O2.CH4/c2*14-13-11-9-7-5-3-1-2-4-6-8-10-12(11)15-13;/h2*3-6,11-12H,1-2,7-10H2;1H4/b2*5-3+,6-4+;/t11-,12+;11-,12-;/m01./s1. The van der Waals surface area contributed by atoms with Crippen LogP contribution in [0, 0.1) is 11.8 Å². The third kappa shape index (κ3) is 8.16. The van der Waals surface area contributed by atoms with Crippen LogP contribution in [0.15, 0.2) is 48.6 Å². The Labute approximate surface area is 188 Å². The van der Waals surface area contributed by atoms with Gasteiger partial charge in [0.05, 0.1) is 11.8 Å². The van der Waals surface area contributed by atoms with Crippen LogP contribution >= 0.6 is 0 Å². The lowest BCUT2D eigenvalue weighted by Gasteiger charge is -2.35. The van der Waals surface area contributed by atoms with Crippen molar-refractivity contribution in [2.45, 2.75) is 96.7 Å². The Hall–Kier alpha value is -2.10. The van der Waals surface area contributed by atoms with Crippen LogP contribution in [0.5, 0.6) is 0 Å². The number of carbonyl (C=O) groups excluding carboxylic acids is 2. The van der Waals surface area contributed by atoms with Gasteiger partial charge in [0.1, 0.15) is 12.2 Å². The Kier molecular flexibility index (Phi) is 11.4. The normalized spacial score (nSPS) is 35.0. The van der Waals surface area contributed by atoms with Gasteiger partial charge >= 0.3 is 11.9 Å². The predicted octanol–water partition coefficient (Wildman–Crippen LogP) is 6.63. The van der Waals surface area contributed by atoms with Crippen molar-refractivity contribution < 1.29 is 19.1 Å². The Balaban J connectivity index is 0.000000213. The third-order valence-corrected chi connectivity index (χ3v) is 6.23. The highest BCUT2D eigenvalue weighted by molar-refractivity contribution is 5.78. The van der Waals surface area contributed by atoms with Crippen LogP contribution < -0.4 is 0 Å². The molecule has 0 aromatic carbocycles. The zero-order valence-corrected chi connectivity index (χ0v) is 18.0. The van der Waals surface area contributed by atoms with Gasteiger partial charge in [-0.15, -0.1) is 0 Å². The van der Waals surface area contributed by atoms with Crippen molar-refractivity contribution >= 4 is 11.9 Å². The van der Waals surface area contributed by atoms with E-state index < -0.39 is 0 Å². The fourth-order valence-electron chi connectivity index (χ4n) is 4.32. The van der Waals surface area contributed by atoms with Gasteiger partial charge in [-0.3, -0.25) is 9.59 Å². The van der Waals surface area contributed by atoms with Gasteiger partial charge in [0, 0.05) is 0 Å². The van der Waals surface area contributed by atoms with Gasteiger partial charge < -0.3 is 9.47 Å². The van der Waals surface area contributed by atoms with E-state index in [1.807, 2.05) is 0 Å². The molecule has 4 nitrogen and oxygen atoms in total. The van der Waals surface area contributed by atoms with Crippen molar-refractivity contribution in [2.75, 3.05) is 0 Å². The molecule has 2 aliphatic heterocycles. The number of ether oxygens (including phenoxy) is 2. The minimum Gasteiger partial charge on any atom is -0.461 e. The van der Waals surface area contributed by atoms with Crippen molar-refractivity contribution in [3.8, 4) is 0 Å². The lowest BCUT2D eigenvalue weighted by Crippen LogP contribution is -2.44. The highest BCUT2D eigenvalue weighted by atomic mass is 16.6. The molecule has 0 aromatic heterocycles. The van der Waals surface area contributed by atoms with Crippen LogP contribution in [-0.4, -0.2) is 24.1 Å². The summed E-state index contributed by atoms with van der Waals surface area (Å²) in [5.41, 5.74) is 0. The molecular weight excluding hydrogens is 388 g/mol. The zero-order chi connectivity index (χ0) is 21.0. The van der Waals surface area contributed by atoms with E-state index in [1.165, 1.54) is 0 Å². The average molecular weight is 429 g/mol. The van der Waals surface area contributed by atoms with E-state index in [0.717, 1.165) is 77.0 Å². The van der Waals surface area contributed by atoms with Crippen LogP contribution in [0.2, 0.25) is 0 Å². The maximum atomic E-state index is 11.2. The first kappa shape index (κ1) is 25.2. The van der Waals surface area contributed by atoms with E-state index in [-0.39, 0.29) is 43.4 Å². The summed E-state index contributed by atoms with van der Waals surface area (Å²) >= 11 is 0. The summed E-state index contributed by atoms with van der Waals surface area (Å²) in [6, 6.07) is 0. The molecule has 172 valence electrons. The van der Waals surface area contributed by atoms with Crippen LogP contribution in [0.3, 0.4) is 0 Å². The van der Waals surface area contributed by atoms with Crippen molar-refractivity contribution in [3.63, 3.8) is 0 Å². The molecule has 31 heavy (non-hydrogen) atoms. The summed E-state index contributed by atoms with van der Waals surface area (Å²) in [7, 11) is 0. The number of rotatable bonds is 0. The van der Waals surface area contributed by atoms with Crippen LogP contribution in [-0.2, 0) is 19.1 Å². The van der Waals surface area contributed by atoms with Gasteiger partial charge in [-0.2, -0.15) is 0 Å². The molecule has 0 radical (unpaired) electrons. The van der Waals surface area contributed by atoms with Gasteiger partial charge in [0.2, 0.25) is 0 Å². The van der Waals surface area contributed by atoms with E-state index >= 15 is 0 Å². The molecule has 0 N–H and O–H groups in total. The SMILES string of the molecule is C.O=C1O[C@@H]2CC/C=C/CC/C=C/CC[C@@H]12.O=C1O[C@@H]2CC/C=C/CC/C=C/CC[C@H]12. The topological polar surface area (TPSA) is 52.6 Å². The summed E-state index contributed by atoms with van der Waals surface area (Å²) in [6.45, 7) is 0. The Bertz CT molecular complexity index is 615. The first-order valence-corrected chi connectivity index (χ1v) is 11.8. The number of hydrogen-bond donors (Lipinski definition) is 0. The molecule has 0 spiro atoms. The summed E-state index contributed by atoms with van der Waals surface area (Å²) < 4.78 is 10.3. The van der Waals surface area contributed by atoms with Gasteiger partial charge in [0.15, 0.2) is 0 Å². The molecule has 2 heterocycles. The minimum absolute atomic E-state index is 0. The molecule has 0 unspecified atom stereocenters. The van der Waals surface area contributed by atoms with Gasteiger partial charge in [-0.05, 0) is 77.0 Å². The fraction of sp³-hybridized carbons (Fsp3) is 0.630. The first-order valence-electron chi connectivity index (χ1n) is 11.8. The quantitative estimate of drug-likeness (QED) is 0.321. The summed E-state index contributed by atoms with van der Waals surface area (Å²) in [6.07, 6.45) is 30.6. The molecule has 0 saturated carbocycles. The molecule has 4 heteroatoms. The van der Waals surface area contributed by atoms with Crippen LogP contribution in [0.4, 0.5) is 0 Å². The second-order valence-corrected chi connectivity index (χ2v) is 8.51. The van der Waals surface area contributed by atoms with Crippen molar-refractivity contribution in [3.05, 3.63) is 48.6 Å². The molecule has 2 saturated heterocycles. The molecule has 4 atom stereocenters. The summed E-state index contributed by atoms with van der Waals surface area (Å²) in [5.74, 6) is 0.355. The lowest BCUT2D eigenvalue weighted by atomic mass is 9.88. The Morgan fingerprint density at radius 3 is 1.10 bits per heavy atom. The maximum absolute atomic E-state index is 11.2. The molecule has 2 fully saturated rings. The van der Waals surface area contributed by atoms with Crippen LogP contribution in [0.1, 0.15) is 84.5 Å². The third-order valence-electron chi connectivity index (χ3n) is 6.23. The Morgan fingerprint density at radius 2 is 0.774 bits per heavy atom. The van der Waals surface area contributed by atoms with Crippen molar-refractivity contribution in [1.29, 1.82) is 0 Å². The van der Waals surface area contributed by atoms with Crippen LogP contribution in [0.25, 0.3) is 0 Å². The van der Waals surface area contributed by atoms with Gasteiger partial charge in [-0.25, -0.2) is 0 Å². The minimum atomic E-state index is 0. The van der Waals surface area contributed by atoms with E-state index in [9.17, 15) is 9.59 Å². The van der Waals surface area contributed by atoms with E-state index in [0.29, 0.717) is 0 Å². The number of esters is 2. The number of carbonyl (C=O) groups is 2. The van der Waals surface area contributed by atoms with E-state index in [1.54, 1.807) is 0 Å². The molecule has 0 bridgehead atoms. The zero-order valence-electron chi connectivity index (χ0n) is 18.0. The second kappa shape index (κ2) is 14.1. The van der Waals surface area contributed by atoms with Gasteiger partial charge in [-0.1, -0.05) is 56.0 Å².